The molecule has 0 saturated heterocycles. The van der Waals surface area contributed by atoms with E-state index in [0.717, 1.165) is 0 Å². The van der Waals surface area contributed by atoms with Crippen molar-refractivity contribution in [1.29, 1.82) is 0 Å². The van der Waals surface area contributed by atoms with Crippen molar-refractivity contribution in [2.75, 3.05) is 27.3 Å². The van der Waals surface area contributed by atoms with Crippen LogP contribution in [0, 0.1) is 5.82 Å². The molecule has 0 N–H and O–H groups in total. The van der Waals surface area contributed by atoms with Crippen LogP contribution in [0.15, 0.2) is 40.8 Å². The summed E-state index contributed by atoms with van der Waals surface area (Å²) in [4.78, 5) is 13.2. The van der Waals surface area contributed by atoms with Crippen molar-refractivity contribution in [2.24, 2.45) is 0 Å². The van der Waals surface area contributed by atoms with Crippen LogP contribution < -0.4 is 4.74 Å². The molecule has 2 aromatic rings. The number of hydrogen-bond donors (Lipinski definition) is 0. The first-order valence-corrected chi connectivity index (χ1v) is 6.83. The van der Waals surface area contributed by atoms with Gasteiger partial charge in [-0.25, -0.2) is 9.18 Å². The highest BCUT2D eigenvalue weighted by atomic mass is 19.1. The highest BCUT2D eigenvalue weighted by Gasteiger charge is 2.12. The minimum atomic E-state index is -0.503. The molecule has 22 heavy (non-hydrogen) atoms. The van der Waals surface area contributed by atoms with E-state index >= 15 is 0 Å². The third-order valence-corrected chi connectivity index (χ3v) is 3.04. The van der Waals surface area contributed by atoms with E-state index in [1.807, 2.05) is 11.9 Å². The van der Waals surface area contributed by atoms with Gasteiger partial charge in [0.25, 0.3) is 0 Å². The van der Waals surface area contributed by atoms with Crippen LogP contribution in [0.3, 0.4) is 0 Å². The summed E-state index contributed by atoms with van der Waals surface area (Å²) >= 11 is 0. The van der Waals surface area contributed by atoms with Crippen molar-refractivity contribution >= 4 is 5.97 Å². The molecule has 0 atom stereocenters. The van der Waals surface area contributed by atoms with Gasteiger partial charge in [0.1, 0.15) is 12.4 Å². The van der Waals surface area contributed by atoms with Gasteiger partial charge in [0.15, 0.2) is 11.6 Å². The van der Waals surface area contributed by atoms with Gasteiger partial charge in [-0.1, -0.05) is 12.1 Å². The smallest absolute Gasteiger partial charge is 0.373 e. The van der Waals surface area contributed by atoms with Gasteiger partial charge in [0, 0.05) is 6.54 Å². The molecule has 0 saturated carbocycles. The Kier molecular flexibility index (Phi) is 5.55. The summed E-state index contributed by atoms with van der Waals surface area (Å²) in [5.41, 5.74) is 0. The Balaban J connectivity index is 1.78. The molecule has 0 fully saturated rings. The van der Waals surface area contributed by atoms with E-state index in [1.165, 1.54) is 13.2 Å². The number of likely N-dealkylation sites (N-methyl/N-ethyl adjacent to an activating group) is 1. The fourth-order valence-corrected chi connectivity index (χ4v) is 1.89. The molecule has 0 spiro atoms. The van der Waals surface area contributed by atoms with Crippen LogP contribution in [-0.4, -0.2) is 38.2 Å². The third-order valence-electron chi connectivity index (χ3n) is 3.04. The molecular weight excluding hydrogens is 289 g/mol. The zero-order valence-electron chi connectivity index (χ0n) is 12.5. The molecule has 0 aliphatic heterocycles. The first-order valence-electron chi connectivity index (χ1n) is 6.83. The van der Waals surface area contributed by atoms with Gasteiger partial charge in [-0.05, 0) is 31.3 Å². The summed E-state index contributed by atoms with van der Waals surface area (Å²) in [6.45, 7) is 1.45. The molecule has 0 radical (unpaired) electrons. The molecule has 0 unspecified atom stereocenters. The van der Waals surface area contributed by atoms with E-state index in [-0.39, 0.29) is 17.3 Å². The minimum absolute atomic E-state index is 0.175. The highest BCUT2D eigenvalue weighted by Crippen LogP contribution is 2.15. The number of para-hydroxylation sites is 1. The quantitative estimate of drug-likeness (QED) is 0.736. The third kappa shape index (κ3) is 4.33. The summed E-state index contributed by atoms with van der Waals surface area (Å²) in [7, 11) is 3.18. The van der Waals surface area contributed by atoms with Crippen LogP contribution in [-0.2, 0) is 11.3 Å². The maximum absolute atomic E-state index is 13.4. The van der Waals surface area contributed by atoms with Gasteiger partial charge in [0.2, 0.25) is 5.76 Å². The predicted octanol–water partition coefficient (Wildman–Crippen LogP) is 2.72. The van der Waals surface area contributed by atoms with E-state index < -0.39 is 5.97 Å². The summed E-state index contributed by atoms with van der Waals surface area (Å²) < 4.78 is 28.7. The van der Waals surface area contributed by atoms with Crippen LogP contribution in [0.5, 0.6) is 5.75 Å². The van der Waals surface area contributed by atoms with Crippen molar-refractivity contribution in [3.05, 3.63) is 53.7 Å². The van der Waals surface area contributed by atoms with Crippen molar-refractivity contribution in [3.8, 4) is 5.75 Å². The van der Waals surface area contributed by atoms with Crippen LogP contribution in [0.1, 0.15) is 16.3 Å². The van der Waals surface area contributed by atoms with Gasteiger partial charge in [-0.3, -0.25) is 4.90 Å². The summed E-state index contributed by atoms with van der Waals surface area (Å²) in [6.07, 6.45) is 0. The lowest BCUT2D eigenvalue weighted by atomic mass is 10.3. The van der Waals surface area contributed by atoms with Crippen molar-refractivity contribution in [3.63, 3.8) is 0 Å². The molecule has 1 aromatic carbocycles. The molecule has 0 bridgehead atoms. The van der Waals surface area contributed by atoms with Crippen molar-refractivity contribution in [2.45, 2.75) is 6.54 Å². The Bertz CT molecular complexity index is 626. The summed E-state index contributed by atoms with van der Waals surface area (Å²) in [5.74, 6) is 0.180. The predicted molar refractivity (Wildman–Crippen MR) is 78.3 cm³/mol. The average Bonchev–Trinajstić information content (AvgIpc) is 2.97. The Morgan fingerprint density at radius 3 is 2.77 bits per heavy atom. The fourth-order valence-electron chi connectivity index (χ4n) is 1.89. The molecule has 1 heterocycles. The first-order chi connectivity index (χ1) is 10.6. The molecule has 0 amide bonds. The highest BCUT2D eigenvalue weighted by molar-refractivity contribution is 5.86. The number of furan rings is 1. The Labute approximate surface area is 128 Å². The Morgan fingerprint density at radius 1 is 1.27 bits per heavy atom. The number of esters is 1. The maximum Gasteiger partial charge on any atom is 0.373 e. The topological polar surface area (TPSA) is 51.9 Å². The summed E-state index contributed by atoms with van der Waals surface area (Å²) in [5, 5.41) is 0. The second-order valence-electron chi connectivity index (χ2n) is 4.77. The molecule has 0 aliphatic rings. The molecule has 0 aliphatic carbocycles. The standard InChI is InChI=1S/C16H18FNO4/c1-18(9-10-21-14-6-4-3-5-13(14)17)11-12-7-8-15(22-12)16(19)20-2/h3-8H,9-11H2,1-2H3. The normalized spacial score (nSPS) is 10.7. The Hall–Kier alpha value is -2.34. The van der Waals surface area contributed by atoms with E-state index in [4.69, 9.17) is 9.15 Å². The van der Waals surface area contributed by atoms with Gasteiger partial charge < -0.3 is 13.9 Å². The monoisotopic (exact) mass is 307 g/mol. The number of halogens is 1. The lowest BCUT2D eigenvalue weighted by molar-refractivity contribution is 0.0561. The molecule has 1 aromatic heterocycles. The Morgan fingerprint density at radius 2 is 2.05 bits per heavy atom. The van der Waals surface area contributed by atoms with E-state index in [0.29, 0.717) is 25.5 Å². The average molecular weight is 307 g/mol. The summed E-state index contributed by atoms with van der Waals surface area (Å²) in [6, 6.07) is 9.58. The van der Waals surface area contributed by atoms with Crippen LogP contribution in [0.4, 0.5) is 4.39 Å². The van der Waals surface area contributed by atoms with Gasteiger partial charge in [-0.15, -0.1) is 0 Å². The largest absolute Gasteiger partial charge is 0.489 e. The number of ether oxygens (including phenoxy) is 2. The van der Waals surface area contributed by atoms with Crippen LogP contribution >= 0.6 is 0 Å². The number of hydrogen-bond acceptors (Lipinski definition) is 5. The maximum atomic E-state index is 13.4. The van der Waals surface area contributed by atoms with Crippen molar-refractivity contribution < 1.29 is 23.1 Å². The van der Waals surface area contributed by atoms with Crippen molar-refractivity contribution in [1.82, 2.24) is 4.90 Å². The first kappa shape index (κ1) is 16.0. The van der Waals surface area contributed by atoms with E-state index in [9.17, 15) is 9.18 Å². The second-order valence-corrected chi connectivity index (χ2v) is 4.77. The number of nitrogens with zero attached hydrogens (tertiary/aromatic N) is 1. The molecule has 118 valence electrons. The van der Waals surface area contributed by atoms with Gasteiger partial charge in [0.05, 0.1) is 13.7 Å². The minimum Gasteiger partial charge on any atom is -0.489 e. The number of methoxy groups -OCH3 is 1. The van der Waals surface area contributed by atoms with Gasteiger partial charge in [-0.2, -0.15) is 0 Å². The zero-order valence-corrected chi connectivity index (χ0v) is 12.5. The number of benzene rings is 1. The molecule has 5 nitrogen and oxygen atoms in total. The number of carbonyl (C=O) groups is 1. The van der Waals surface area contributed by atoms with Crippen LogP contribution in [0.25, 0.3) is 0 Å². The molecule has 6 heteroatoms. The van der Waals surface area contributed by atoms with Gasteiger partial charge >= 0.3 is 5.97 Å². The zero-order chi connectivity index (χ0) is 15.9. The SMILES string of the molecule is COC(=O)c1ccc(CN(C)CCOc2ccccc2F)o1. The molecular formula is C16H18FNO4. The molecule has 2 rings (SSSR count). The lowest BCUT2D eigenvalue weighted by Gasteiger charge is -2.15. The number of carbonyl (C=O) groups excluding carboxylic acids is 1. The van der Waals surface area contributed by atoms with E-state index in [1.54, 1.807) is 30.3 Å². The van der Waals surface area contributed by atoms with E-state index in [2.05, 4.69) is 4.74 Å². The fraction of sp³-hybridized carbons (Fsp3) is 0.312. The second kappa shape index (κ2) is 7.61. The van der Waals surface area contributed by atoms with Crippen LogP contribution in [0.2, 0.25) is 0 Å². The lowest BCUT2D eigenvalue weighted by Crippen LogP contribution is -2.23. The number of rotatable bonds is 7.